The normalized spacial score (nSPS) is 16.2. The number of thiazole rings is 1. The number of esters is 1. The van der Waals surface area contributed by atoms with E-state index in [1.54, 1.807) is 36.9 Å². The van der Waals surface area contributed by atoms with Gasteiger partial charge in [0.1, 0.15) is 5.75 Å². The molecule has 0 spiro atoms. The summed E-state index contributed by atoms with van der Waals surface area (Å²) in [5.74, 6) is 0.230. The molecule has 1 aliphatic heterocycles. The van der Waals surface area contributed by atoms with Gasteiger partial charge in [0.15, 0.2) is 4.80 Å². The zero-order chi connectivity index (χ0) is 21.3. The Morgan fingerprint density at radius 1 is 1.27 bits per heavy atom. The van der Waals surface area contributed by atoms with E-state index in [0.29, 0.717) is 26.4 Å². The average Bonchev–Trinajstić information content (AvgIpc) is 3.36. The largest absolute Gasteiger partial charge is 0.497 e. The van der Waals surface area contributed by atoms with E-state index in [4.69, 9.17) is 9.47 Å². The van der Waals surface area contributed by atoms with Gasteiger partial charge in [0, 0.05) is 0 Å². The molecule has 3 aromatic rings. The Hall–Kier alpha value is -2.97. The molecule has 2 aromatic heterocycles. The van der Waals surface area contributed by atoms with Crippen molar-refractivity contribution < 1.29 is 14.3 Å². The molecule has 0 bridgehead atoms. The van der Waals surface area contributed by atoms with Crippen molar-refractivity contribution in [3.05, 3.63) is 83.2 Å². The van der Waals surface area contributed by atoms with E-state index in [0.717, 1.165) is 11.1 Å². The molecule has 3 heterocycles. The predicted octanol–water partition coefficient (Wildman–Crippen LogP) is 2.87. The predicted molar refractivity (Wildman–Crippen MR) is 118 cm³/mol. The van der Waals surface area contributed by atoms with E-state index < -0.39 is 12.0 Å². The molecule has 30 heavy (non-hydrogen) atoms. The SMILES string of the molecule is CCOC(=O)C1=C(C)N=c2sc(=Cc3ccsc3)c(=O)n2[C@@H]1c1ccc(OC)cc1. The van der Waals surface area contributed by atoms with Crippen LogP contribution in [0.15, 0.2) is 62.1 Å². The summed E-state index contributed by atoms with van der Waals surface area (Å²) >= 11 is 2.89. The van der Waals surface area contributed by atoms with Gasteiger partial charge in [0.25, 0.3) is 5.56 Å². The molecule has 1 aliphatic rings. The van der Waals surface area contributed by atoms with Gasteiger partial charge < -0.3 is 9.47 Å². The number of allylic oxidation sites excluding steroid dienone is 1. The zero-order valence-corrected chi connectivity index (χ0v) is 18.4. The Labute approximate surface area is 181 Å². The minimum atomic E-state index is -0.615. The fourth-order valence-corrected chi connectivity index (χ4v) is 5.07. The maximum absolute atomic E-state index is 13.4. The van der Waals surface area contributed by atoms with Crippen LogP contribution in [0.2, 0.25) is 0 Å². The van der Waals surface area contributed by atoms with Gasteiger partial charge >= 0.3 is 5.97 Å². The minimum absolute atomic E-state index is 0.180. The smallest absolute Gasteiger partial charge is 0.338 e. The van der Waals surface area contributed by atoms with Gasteiger partial charge in [-0.25, -0.2) is 9.79 Å². The summed E-state index contributed by atoms with van der Waals surface area (Å²) in [5, 5.41) is 3.94. The molecule has 8 heteroatoms. The van der Waals surface area contributed by atoms with Crippen molar-refractivity contribution in [1.82, 2.24) is 4.57 Å². The topological polar surface area (TPSA) is 69.9 Å². The van der Waals surface area contributed by atoms with Crippen LogP contribution in [0.5, 0.6) is 5.75 Å². The van der Waals surface area contributed by atoms with E-state index >= 15 is 0 Å². The van der Waals surface area contributed by atoms with Crippen LogP contribution >= 0.6 is 22.7 Å². The number of hydrogen-bond donors (Lipinski definition) is 0. The number of methoxy groups -OCH3 is 1. The van der Waals surface area contributed by atoms with E-state index in [9.17, 15) is 9.59 Å². The minimum Gasteiger partial charge on any atom is -0.497 e. The standard InChI is InChI=1S/C22H20N2O4S2/c1-4-28-21(26)18-13(2)23-22-24(19(18)15-5-7-16(27-3)8-6-15)20(25)17(30-22)11-14-9-10-29-12-14/h5-12,19H,4H2,1-3H3/t19-/m1/s1. The molecule has 0 amide bonds. The first kappa shape index (κ1) is 20.3. The van der Waals surface area contributed by atoms with Gasteiger partial charge in [-0.05, 0) is 60.0 Å². The highest BCUT2D eigenvalue weighted by Gasteiger charge is 2.33. The number of aromatic nitrogens is 1. The second-order valence-electron chi connectivity index (χ2n) is 6.63. The van der Waals surface area contributed by atoms with Gasteiger partial charge in [-0.1, -0.05) is 23.5 Å². The fraction of sp³-hybridized carbons (Fsp3) is 0.227. The average molecular weight is 441 g/mol. The number of hydrogen-bond acceptors (Lipinski definition) is 7. The van der Waals surface area contributed by atoms with Crippen LogP contribution in [0, 0.1) is 0 Å². The van der Waals surface area contributed by atoms with Crippen molar-refractivity contribution >= 4 is 34.7 Å². The quantitative estimate of drug-likeness (QED) is 0.572. The maximum Gasteiger partial charge on any atom is 0.338 e. The lowest BCUT2D eigenvalue weighted by atomic mass is 9.96. The van der Waals surface area contributed by atoms with Crippen LogP contribution in [-0.4, -0.2) is 24.3 Å². The number of thiophene rings is 1. The summed E-state index contributed by atoms with van der Waals surface area (Å²) in [6.45, 7) is 3.78. The zero-order valence-electron chi connectivity index (χ0n) is 16.7. The second kappa shape index (κ2) is 8.41. The number of benzene rings is 1. The Kier molecular flexibility index (Phi) is 5.69. The third kappa shape index (κ3) is 3.64. The van der Waals surface area contributed by atoms with Crippen LogP contribution in [0.25, 0.3) is 6.08 Å². The Bertz CT molecular complexity index is 1280. The van der Waals surface area contributed by atoms with Crippen LogP contribution in [0.4, 0.5) is 0 Å². The van der Waals surface area contributed by atoms with Crippen molar-refractivity contribution in [2.24, 2.45) is 4.99 Å². The van der Waals surface area contributed by atoms with Crippen molar-refractivity contribution in [1.29, 1.82) is 0 Å². The molecule has 0 saturated carbocycles. The van der Waals surface area contributed by atoms with E-state index in [-0.39, 0.29) is 12.2 Å². The molecule has 154 valence electrons. The molecular weight excluding hydrogens is 420 g/mol. The number of carbonyl (C=O) groups excluding carboxylic acids is 1. The fourth-order valence-electron chi connectivity index (χ4n) is 3.40. The molecular formula is C22H20N2O4S2. The monoisotopic (exact) mass is 440 g/mol. The highest BCUT2D eigenvalue weighted by atomic mass is 32.1. The first-order valence-electron chi connectivity index (χ1n) is 9.39. The molecule has 0 saturated heterocycles. The molecule has 0 fully saturated rings. The molecule has 1 aromatic carbocycles. The highest BCUT2D eigenvalue weighted by molar-refractivity contribution is 7.08. The number of carbonyl (C=O) groups is 1. The first-order valence-corrected chi connectivity index (χ1v) is 11.1. The summed E-state index contributed by atoms with van der Waals surface area (Å²) in [4.78, 5) is 31.3. The lowest BCUT2D eigenvalue weighted by Gasteiger charge is -2.24. The molecule has 0 N–H and O–H groups in total. The second-order valence-corrected chi connectivity index (χ2v) is 8.42. The summed E-state index contributed by atoms with van der Waals surface area (Å²) in [5.41, 5.74) is 2.50. The molecule has 0 unspecified atom stereocenters. The Morgan fingerprint density at radius 3 is 2.67 bits per heavy atom. The van der Waals surface area contributed by atoms with Gasteiger partial charge in [-0.3, -0.25) is 9.36 Å². The summed E-state index contributed by atoms with van der Waals surface area (Å²) in [7, 11) is 1.59. The van der Waals surface area contributed by atoms with Crippen molar-refractivity contribution in [3.8, 4) is 5.75 Å². The van der Waals surface area contributed by atoms with Gasteiger partial charge in [-0.15, -0.1) is 0 Å². The molecule has 4 rings (SSSR count). The Morgan fingerprint density at radius 2 is 2.03 bits per heavy atom. The van der Waals surface area contributed by atoms with Crippen LogP contribution < -0.4 is 19.6 Å². The number of rotatable bonds is 5. The summed E-state index contributed by atoms with van der Waals surface area (Å²) < 4.78 is 12.7. The maximum atomic E-state index is 13.4. The van der Waals surface area contributed by atoms with E-state index in [1.807, 2.05) is 47.2 Å². The van der Waals surface area contributed by atoms with Crippen LogP contribution in [-0.2, 0) is 9.53 Å². The summed E-state index contributed by atoms with van der Waals surface area (Å²) in [6, 6.07) is 8.69. The van der Waals surface area contributed by atoms with E-state index in [1.165, 1.54) is 11.3 Å². The van der Waals surface area contributed by atoms with Gasteiger partial charge in [0.05, 0.1) is 35.6 Å². The van der Waals surface area contributed by atoms with Gasteiger partial charge in [0.2, 0.25) is 0 Å². The van der Waals surface area contributed by atoms with Crippen molar-refractivity contribution in [3.63, 3.8) is 0 Å². The third-order valence-corrected chi connectivity index (χ3v) is 6.47. The van der Waals surface area contributed by atoms with Crippen molar-refractivity contribution in [2.45, 2.75) is 19.9 Å². The summed E-state index contributed by atoms with van der Waals surface area (Å²) in [6.07, 6.45) is 1.86. The molecule has 0 aliphatic carbocycles. The Balaban J connectivity index is 1.95. The lowest BCUT2D eigenvalue weighted by Crippen LogP contribution is -2.39. The first-order chi connectivity index (χ1) is 14.5. The number of fused-ring (bicyclic) bond motifs is 1. The third-order valence-electron chi connectivity index (χ3n) is 4.79. The number of nitrogens with zero attached hydrogens (tertiary/aromatic N) is 2. The number of ether oxygens (including phenoxy) is 2. The van der Waals surface area contributed by atoms with Crippen LogP contribution in [0.3, 0.4) is 0 Å². The van der Waals surface area contributed by atoms with E-state index in [2.05, 4.69) is 4.99 Å². The highest BCUT2D eigenvalue weighted by Crippen LogP contribution is 2.31. The van der Waals surface area contributed by atoms with Crippen molar-refractivity contribution in [2.75, 3.05) is 13.7 Å². The molecule has 0 radical (unpaired) electrons. The van der Waals surface area contributed by atoms with Gasteiger partial charge in [-0.2, -0.15) is 11.3 Å². The lowest BCUT2D eigenvalue weighted by molar-refractivity contribution is -0.139. The molecule has 6 nitrogen and oxygen atoms in total. The van der Waals surface area contributed by atoms with Crippen LogP contribution in [0.1, 0.15) is 31.0 Å². The molecule has 1 atom stereocenters.